The Morgan fingerprint density at radius 3 is 2.41 bits per heavy atom. The molecule has 0 aliphatic carbocycles. The quantitative estimate of drug-likeness (QED) is 0.557. The van der Waals surface area contributed by atoms with Crippen LogP contribution in [0.25, 0.3) is 0 Å². The Balaban J connectivity index is 2.33. The number of benzene rings is 1. The van der Waals surface area contributed by atoms with Crippen LogP contribution in [0.2, 0.25) is 0 Å². The molecule has 2 N–H and O–H groups in total. The first-order valence-corrected chi connectivity index (χ1v) is 6.40. The SMILES string of the molecule is CCCOCCN(CC)Cc1ccc(N)cc1. The molecule has 0 aliphatic rings. The van der Waals surface area contributed by atoms with Crippen LogP contribution in [0.4, 0.5) is 5.69 Å². The zero-order chi connectivity index (χ0) is 12.5. The van der Waals surface area contributed by atoms with Crippen LogP contribution in [0.3, 0.4) is 0 Å². The van der Waals surface area contributed by atoms with Gasteiger partial charge in [0, 0.05) is 25.4 Å². The molecular formula is C14H24N2O. The summed E-state index contributed by atoms with van der Waals surface area (Å²) in [6, 6.07) is 8.09. The lowest BCUT2D eigenvalue weighted by Gasteiger charge is -2.20. The van der Waals surface area contributed by atoms with Gasteiger partial charge in [-0.05, 0) is 30.7 Å². The number of hydrogen-bond acceptors (Lipinski definition) is 3. The van der Waals surface area contributed by atoms with E-state index in [9.17, 15) is 0 Å². The summed E-state index contributed by atoms with van der Waals surface area (Å²) < 4.78 is 5.51. The Hall–Kier alpha value is -1.06. The van der Waals surface area contributed by atoms with Gasteiger partial charge in [0.15, 0.2) is 0 Å². The van der Waals surface area contributed by atoms with E-state index in [0.717, 1.165) is 45.0 Å². The van der Waals surface area contributed by atoms with Crippen molar-refractivity contribution in [1.29, 1.82) is 0 Å². The number of hydrogen-bond donors (Lipinski definition) is 1. The van der Waals surface area contributed by atoms with Crippen LogP contribution in [0.1, 0.15) is 25.8 Å². The maximum absolute atomic E-state index is 5.67. The monoisotopic (exact) mass is 236 g/mol. The Kier molecular flexibility index (Phi) is 6.67. The minimum absolute atomic E-state index is 0.816. The molecule has 0 heterocycles. The summed E-state index contributed by atoms with van der Waals surface area (Å²) in [6.07, 6.45) is 1.09. The number of nitrogens with zero attached hydrogens (tertiary/aromatic N) is 1. The fourth-order valence-corrected chi connectivity index (χ4v) is 1.67. The van der Waals surface area contributed by atoms with Crippen molar-refractivity contribution in [1.82, 2.24) is 4.90 Å². The van der Waals surface area contributed by atoms with Crippen LogP contribution in [-0.2, 0) is 11.3 Å². The largest absolute Gasteiger partial charge is 0.399 e. The number of anilines is 1. The van der Waals surface area contributed by atoms with Crippen molar-refractivity contribution >= 4 is 5.69 Å². The summed E-state index contributed by atoms with van der Waals surface area (Å²) in [5.41, 5.74) is 7.79. The standard InChI is InChI=1S/C14H24N2O/c1-3-10-17-11-9-16(4-2)12-13-5-7-14(15)8-6-13/h5-8H,3-4,9-12,15H2,1-2H3. The first kappa shape index (κ1) is 14.0. The van der Waals surface area contributed by atoms with Crippen molar-refractivity contribution in [3.63, 3.8) is 0 Å². The van der Waals surface area contributed by atoms with E-state index < -0.39 is 0 Å². The third kappa shape index (κ3) is 5.71. The molecule has 0 bridgehead atoms. The third-order valence-electron chi connectivity index (χ3n) is 2.73. The first-order valence-electron chi connectivity index (χ1n) is 6.40. The highest BCUT2D eigenvalue weighted by Gasteiger charge is 2.03. The van der Waals surface area contributed by atoms with Crippen molar-refractivity contribution in [2.24, 2.45) is 0 Å². The average molecular weight is 236 g/mol. The summed E-state index contributed by atoms with van der Waals surface area (Å²) >= 11 is 0. The molecule has 3 heteroatoms. The number of nitrogen functional groups attached to an aromatic ring is 1. The second-order valence-electron chi connectivity index (χ2n) is 4.22. The van der Waals surface area contributed by atoms with Gasteiger partial charge in [-0.15, -0.1) is 0 Å². The number of nitrogens with two attached hydrogens (primary N) is 1. The fraction of sp³-hybridized carbons (Fsp3) is 0.571. The molecule has 0 spiro atoms. The molecule has 0 amide bonds. The molecule has 0 saturated carbocycles. The van der Waals surface area contributed by atoms with Crippen molar-refractivity contribution in [2.75, 3.05) is 32.0 Å². The molecular weight excluding hydrogens is 212 g/mol. The predicted octanol–water partition coefficient (Wildman–Crippen LogP) is 2.52. The van der Waals surface area contributed by atoms with E-state index >= 15 is 0 Å². The van der Waals surface area contributed by atoms with Gasteiger partial charge < -0.3 is 10.5 Å². The van der Waals surface area contributed by atoms with Gasteiger partial charge in [0.05, 0.1) is 6.61 Å². The molecule has 1 aromatic rings. The minimum atomic E-state index is 0.816. The van der Waals surface area contributed by atoms with Crippen LogP contribution in [0, 0.1) is 0 Å². The van der Waals surface area contributed by atoms with E-state index in [0.29, 0.717) is 0 Å². The van der Waals surface area contributed by atoms with Gasteiger partial charge in [-0.25, -0.2) is 0 Å². The zero-order valence-corrected chi connectivity index (χ0v) is 11.0. The van der Waals surface area contributed by atoms with Crippen LogP contribution in [0.15, 0.2) is 24.3 Å². The molecule has 1 aromatic carbocycles. The minimum Gasteiger partial charge on any atom is -0.399 e. The lowest BCUT2D eigenvalue weighted by Crippen LogP contribution is -2.27. The lowest BCUT2D eigenvalue weighted by molar-refractivity contribution is 0.103. The smallest absolute Gasteiger partial charge is 0.0593 e. The molecule has 1 rings (SSSR count). The number of ether oxygens (including phenoxy) is 1. The van der Waals surface area contributed by atoms with E-state index in [4.69, 9.17) is 10.5 Å². The Morgan fingerprint density at radius 2 is 1.82 bits per heavy atom. The van der Waals surface area contributed by atoms with Crippen molar-refractivity contribution in [2.45, 2.75) is 26.8 Å². The molecule has 0 atom stereocenters. The van der Waals surface area contributed by atoms with Gasteiger partial charge in [0.1, 0.15) is 0 Å². The molecule has 96 valence electrons. The van der Waals surface area contributed by atoms with Crippen LogP contribution in [-0.4, -0.2) is 31.2 Å². The maximum Gasteiger partial charge on any atom is 0.0593 e. The molecule has 0 radical (unpaired) electrons. The maximum atomic E-state index is 5.67. The summed E-state index contributed by atoms with van der Waals surface area (Å²) in [4.78, 5) is 2.38. The number of likely N-dealkylation sites (N-methyl/N-ethyl adjacent to an activating group) is 1. The average Bonchev–Trinajstić information content (AvgIpc) is 2.35. The summed E-state index contributed by atoms with van der Waals surface area (Å²) in [5, 5.41) is 0. The third-order valence-corrected chi connectivity index (χ3v) is 2.73. The van der Waals surface area contributed by atoms with Crippen LogP contribution >= 0.6 is 0 Å². The molecule has 0 aliphatic heterocycles. The second kappa shape index (κ2) is 8.09. The topological polar surface area (TPSA) is 38.5 Å². The van der Waals surface area contributed by atoms with E-state index in [1.807, 2.05) is 12.1 Å². The van der Waals surface area contributed by atoms with E-state index in [1.54, 1.807) is 0 Å². The molecule has 17 heavy (non-hydrogen) atoms. The fourth-order valence-electron chi connectivity index (χ4n) is 1.67. The zero-order valence-electron chi connectivity index (χ0n) is 11.0. The van der Waals surface area contributed by atoms with Gasteiger partial charge >= 0.3 is 0 Å². The van der Waals surface area contributed by atoms with Gasteiger partial charge in [0.25, 0.3) is 0 Å². The highest BCUT2D eigenvalue weighted by molar-refractivity contribution is 5.39. The summed E-state index contributed by atoms with van der Waals surface area (Å²) in [6.45, 7) is 8.98. The Bertz CT molecular complexity index is 298. The van der Waals surface area contributed by atoms with Crippen molar-refractivity contribution < 1.29 is 4.74 Å². The van der Waals surface area contributed by atoms with E-state index in [-0.39, 0.29) is 0 Å². The normalized spacial score (nSPS) is 11.0. The highest BCUT2D eigenvalue weighted by atomic mass is 16.5. The van der Waals surface area contributed by atoms with Crippen LogP contribution < -0.4 is 5.73 Å². The molecule has 0 unspecified atom stereocenters. The van der Waals surface area contributed by atoms with E-state index in [2.05, 4.69) is 30.9 Å². The summed E-state index contributed by atoms with van der Waals surface area (Å²) in [5.74, 6) is 0. The van der Waals surface area contributed by atoms with E-state index in [1.165, 1.54) is 5.56 Å². The van der Waals surface area contributed by atoms with Gasteiger partial charge in [-0.2, -0.15) is 0 Å². The summed E-state index contributed by atoms with van der Waals surface area (Å²) in [7, 11) is 0. The molecule has 0 aromatic heterocycles. The second-order valence-corrected chi connectivity index (χ2v) is 4.22. The Morgan fingerprint density at radius 1 is 1.12 bits per heavy atom. The van der Waals surface area contributed by atoms with Gasteiger partial charge in [0.2, 0.25) is 0 Å². The van der Waals surface area contributed by atoms with Gasteiger partial charge in [-0.3, -0.25) is 4.90 Å². The Labute approximate surface area is 105 Å². The van der Waals surface area contributed by atoms with Crippen LogP contribution in [0.5, 0.6) is 0 Å². The molecule has 0 saturated heterocycles. The van der Waals surface area contributed by atoms with Crippen molar-refractivity contribution in [3.05, 3.63) is 29.8 Å². The number of rotatable bonds is 8. The highest BCUT2D eigenvalue weighted by Crippen LogP contribution is 2.08. The first-order chi connectivity index (χ1) is 8.26. The predicted molar refractivity (Wildman–Crippen MR) is 72.9 cm³/mol. The lowest BCUT2D eigenvalue weighted by atomic mass is 10.2. The molecule has 0 fully saturated rings. The van der Waals surface area contributed by atoms with Gasteiger partial charge in [-0.1, -0.05) is 26.0 Å². The van der Waals surface area contributed by atoms with Crippen molar-refractivity contribution in [3.8, 4) is 0 Å². The molecule has 3 nitrogen and oxygen atoms in total.